The molecule has 1 aliphatic rings. The second kappa shape index (κ2) is 5.23. The first-order chi connectivity index (χ1) is 8.61. The van der Waals surface area contributed by atoms with Crippen molar-refractivity contribution in [1.82, 2.24) is 9.88 Å². The molecule has 0 aromatic carbocycles. The van der Waals surface area contributed by atoms with Gasteiger partial charge in [-0.2, -0.15) is 5.26 Å². The van der Waals surface area contributed by atoms with Crippen molar-refractivity contribution >= 4 is 5.91 Å². The van der Waals surface area contributed by atoms with Gasteiger partial charge in [0, 0.05) is 25.2 Å². The van der Waals surface area contributed by atoms with Crippen molar-refractivity contribution in [3.8, 4) is 6.07 Å². The lowest BCUT2D eigenvalue weighted by molar-refractivity contribution is 0.0462. The predicted molar refractivity (Wildman–Crippen MR) is 65.8 cm³/mol. The first-order valence-electron chi connectivity index (χ1n) is 6.17. The monoisotopic (exact) mass is 247 g/mol. The molecule has 5 heteroatoms. The Bertz CT molecular complexity index is 473. The molecule has 18 heavy (non-hydrogen) atoms. The molecule has 0 saturated carbocycles. The van der Waals surface area contributed by atoms with Crippen molar-refractivity contribution < 1.29 is 9.90 Å². The summed E-state index contributed by atoms with van der Waals surface area (Å²) >= 11 is 0. The van der Waals surface area contributed by atoms with Crippen LogP contribution >= 0.6 is 0 Å². The third kappa shape index (κ3) is 2.54. The van der Waals surface area contributed by atoms with Gasteiger partial charge in [0.1, 0.15) is 11.8 Å². The lowest BCUT2D eigenvalue weighted by Gasteiger charge is -2.33. The fourth-order valence-corrected chi connectivity index (χ4v) is 2.34. The second-order valence-electron chi connectivity index (χ2n) is 4.81. The van der Waals surface area contributed by atoms with Crippen LogP contribution < -0.4 is 0 Å². The minimum Gasteiger partial charge on any atom is -0.393 e. The number of aliphatic hydroxyl groups is 1. The topological polar surface area (TPSA) is 80.1 Å². The highest BCUT2D eigenvalue weighted by Crippen LogP contribution is 2.21. The Morgan fingerprint density at radius 1 is 1.72 bits per heavy atom. The Morgan fingerprint density at radius 3 is 3.11 bits per heavy atom. The third-order valence-corrected chi connectivity index (χ3v) is 3.47. The Hall–Kier alpha value is -1.80. The van der Waals surface area contributed by atoms with Gasteiger partial charge < -0.3 is 15.0 Å². The number of aliphatic hydroxyl groups excluding tert-OH is 1. The highest BCUT2D eigenvalue weighted by Gasteiger charge is 2.27. The van der Waals surface area contributed by atoms with Crippen LogP contribution in [0.1, 0.15) is 35.8 Å². The summed E-state index contributed by atoms with van der Waals surface area (Å²) in [6.07, 6.45) is 3.01. The number of piperidine rings is 1. The fraction of sp³-hybridized carbons (Fsp3) is 0.538. The smallest absolute Gasteiger partial charge is 0.270 e. The largest absolute Gasteiger partial charge is 0.393 e. The van der Waals surface area contributed by atoms with E-state index in [4.69, 9.17) is 5.26 Å². The maximum Gasteiger partial charge on any atom is 0.270 e. The average molecular weight is 247 g/mol. The Kier molecular flexibility index (Phi) is 3.68. The van der Waals surface area contributed by atoms with Gasteiger partial charge in [0.2, 0.25) is 0 Å². The maximum atomic E-state index is 12.2. The lowest BCUT2D eigenvalue weighted by atomic mass is 9.93. The summed E-state index contributed by atoms with van der Waals surface area (Å²) in [7, 11) is 0. The number of amides is 1. The highest BCUT2D eigenvalue weighted by molar-refractivity contribution is 5.92. The van der Waals surface area contributed by atoms with Crippen molar-refractivity contribution in [1.29, 1.82) is 5.26 Å². The molecule has 2 atom stereocenters. The van der Waals surface area contributed by atoms with Crippen LogP contribution in [-0.2, 0) is 0 Å². The van der Waals surface area contributed by atoms with E-state index in [0.717, 1.165) is 12.8 Å². The number of carbonyl (C=O) groups is 1. The highest BCUT2D eigenvalue weighted by atomic mass is 16.3. The number of rotatable bonds is 2. The van der Waals surface area contributed by atoms with Gasteiger partial charge >= 0.3 is 0 Å². The first-order valence-corrected chi connectivity index (χ1v) is 6.17. The minimum atomic E-state index is -0.390. The average Bonchev–Trinajstić information content (AvgIpc) is 2.86. The van der Waals surface area contributed by atoms with E-state index in [1.165, 1.54) is 6.20 Å². The Morgan fingerprint density at radius 2 is 2.50 bits per heavy atom. The van der Waals surface area contributed by atoms with Gasteiger partial charge in [0.15, 0.2) is 0 Å². The van der Waals surface area contributed by atoms with Gasteiger partial charge in [-0.1, -0.05) is 0 Å². The van der Waals surface area contributed by atoms with Crippen molar-refractivity contribution in [3.63, 3.8) is 0 Å². The van der Waals surface area contributed by atoms with E-state index >= 15 is 0 Å². The van der Waals surface area contributed by atoms with Crippen LogP contribution in [0.3, 0.4) is 0 Å². The third-order valence-electron chi connectivity index (χ3n) is 3.47. The number of H-pyrrole nitrogens is 1. The molecule has 1 aromatic rings. The van der Waals surface area contributed by atoms with Crippen LogP contribution in [0.5, 0.6) is 0 Å². The number of nitrogens with one attached hydrogen (secondary N) is 1. The molecule has 0 bridgehead atoms. The number of likely N-dealkylation sites (tertiary alicyclic amines) is 1. The van der Waals surface area contributed by atoms with E-state index in [1.54, 1.807) is 17.9 Å². The van der Waals surface area contributed by atoms with Crippen molar-refractivity contribution in [2.75, 3.05) is 13.1 Å². The standard InChI is InChI=1S/C13H17N3O2/c1-9(17)11-3-2-4-16(8-11)13(18)12-5-10(6-14)7-15-12/h5,7,9,11,15,17H,2-4,8H2,1H3. The number of hydrogen-bond donors (Lipinski definition) is 2. The summed E-state index contributed by atoms with van der Waals surface area (Å²) in [5, 5.41) is 18.3. The van der Waals surface area contributed by atoms with Crippen LogP contribution in [0.25, 0.3) is 0 Å². The summed E-state index contributed by atoms with van der Waals surface area (Å²) < 4.78 is 0. The maximum absolute atomic E-state index is 12.2. The molecule has 0 aliphatic carbocycles. The quantitative estimate of drug-likeness (QED) is 0.821. The van der Waals surface area contributed by atoms with Crippen molar-refractivity contribution in [2.45, 2.75) is 25.9 Å². The van der Waals surface area contributed by atoms with Crippen molar-refractivity contribution in [2.24, 2.45) is 5.92 Å². The lowest BCUT2D eigenvalue weighted by Crippen LogP contribution is -2.43. The molecular formula is C13H17N3O2. The molecule has 0 spiro atoms. The molecule has 0 radical (unpaired) electrons. The summed E-state index contributed by atoms with van der Waals surface area (Å²) in [5.74, 6) is 0.0509. The molecule has 2 rings (SSSR count). The number of nitrogens with zero attached hydrogens (tertiary/aromatic N) is 2. The number of aromatic amines is 1. The Labute approximate surface area is 106 Å². The van der Waals surface area contributed by atoms with E-state index in [1.807, 2.05) is 6.07 Å². The molecule has 1 amide bonds. The normalized spacial score (nSPS) is 21.4. The van der Waals surface area contributed by atoms with E-state index in [-0.39, 0.29) is 17.9 Å². The minimum absolute atomic E-state index is 0.0955. The molecule has 96 valence electrons. The zero-order valence-corrected chi connectivity index (χ0v) is 10.4. The molecule has 1 aromatic heterocycles. The number of aromatic nitrogens is 1. The summed E-state index contributed by atoms with van der Waals surface area (Å²) in [6.45, 7) is 3.06. The van der Waals surface area contributed by atoms with Crippen LogP contribution in [0.4, 0.5) is 0 Å². The molecule has 2 unspecified atom stereocenters. The SMILES string of the molecule is CC(O)C1CCCN(C(=O)c2cc(C#N)c[nH]2)C1. The number of nitriles is 1. The van der Waals surface area contributed by atoms with E-state index in [0.29, 0.717) is 24.3 Å². The van der Waals surface area contributed by atoms with Crippen LogP contribution in [0.15, 0.2) is 12.3 Å². The molecule has 2 heterocycles. The molecule has 1 saturated heterocycles. The van der Waals surface area contributed by atoms with Crippen LogP contribution in [0.2, 0.25) is 0 Å². The van der Waals surface area contributed by atoms with Gasteiger partial charge in [-0.3, -0.25) is 4.79 Å². The molecule has 1 fully saturated rings. The van der Waals surface area contributed by atoms with Gasteiger partial charge in [-0.05, 0) is 25.8 Å². The molecular weight excluding hydrogens is 230 g/mol. The van der Waals surface area contributed by atoms with Crippen LogP contribution in [0, 0.1) is 17.2 Å². The predicted octanol–water partition coefficient (Wildman–Crippen LogP) is 1.12. The molecule has 5 nitrogen and oxygen atoms in total. The van der Waals surface area contributed by atoms with Gasteiger partial charge in [0.25, 0.3) is 5.91 Å². The summed E-state index contributed by atoms with van der Waals surface area (Å²) in [4.78, 5) is 16.8. The van der Waals surface area contributed by atoms with Crippen LogP contribution in [-0.4, -0.2) is 40.1 Å². The van der Waals surface area contributed by atoms with Crippen molar-refractivity contribution in [3.05, 3.63) is 23.5 Å². The number of carbonyl (C=O) groups excluding carboxylic acids is 1. The Balaban J connectivity index is 2.07. The first kappa shape index (κ1) is 12.7. The molecule has 2 N–H and O–H groups in total. The van der Waals surface area contributed by atoms with E-state index in [9.17, 15) is 9.90 Å². The van der Waals surface area contributed by atoms with Gasteiger partial charge in [-0.25, -0.2) is 0 Å². The van der Waals surface area contributed by atoms with E-state index in [2.05, 4.69) is 4.98 Å². The zero-order chi connectivity index (χ0) is 13.1. The fourth-order valence-electron chi connectivity index (χ4n) is 2.34. The van der Waals surface area contributed by atoms with E-state index < -0.39 is 0 Å². The summed E-state index contributed by atoms with van der Waals surface area (Å²) in [6, 6.07) is 3.55. The van der Waals surface area contributed by atoms with Gasteiger partial charge in [-0.15, -0.1) is 0 Å². The second-order valence-corrected chi connectivity index (χ2v) is 4.81. The number of hydrogen-bond acceptors (Lipinski definition) is 3. The zero-order valence-electron chi connectivity index (χ0n) is 10.4. The molecule has 1 aliphatic heterocycles. The van der Waals surface area contributed by atoms with Gasteiger partial charge in [0.05, 0.1) is 11.7 Å². The summed E-state index contributed by atoms with van der Waals surface area (Å²) in [5.41, 5.74) is 0.903.